The van der Waals surface area contributed by atoms with E-state index in [2.05, 4.69) is 15.6 Å². The zero-order chi connectivity index (χ0) is 18.0. The molecule has 1 aliphatic rings. The van der Waals surface area contributed by atoms with Gasteiger partial charge in [0.1, 0.15) is 0 Å². The molecule has 2 atom stereocenters. The summed E-state index contributed by atoms with van der Waals surface area (Å²) in [6.07, 6.45) is 2.08. The number of halogens is 2. The van der Waals surface area contributed by atoms with E-state index in [4.69, 9.17) is 0 Å². The molecule has 7 heteroatoms. The number of carbonyl (C=O) groups excluding carboxylic acids is 1. The number of carbonyl (C=O) groups is 1. The van der Waals surface area contributed by atoms with Crippen LogP contribution in [0.5, 0.6) is 0 Å². The maximum absolute atomic E-state index is 13.6. The van der Waals surface area contributed by atoms with Gasteiger partial charge < -0.3 is 15.6 Å². The largest absolute Gasteiger partial charge is 0.347 e. The number of hydrogen-bond acceptors (Lipinski definition) is 3. The van der Waals surface area contributed by atoms with Gasteiger partial charge in [-0.1, -0.05) is 6.07 Å². The second kappa shape index (κ2) is 7.14. The van der Waals surface area contributed by atoms with Crippen LogP contribution in [0.3, 0.4) is 0 Å². The van der Waals surface area contributed by atoms with E-state index in [-0.39, 0.29) is 23.4 Å². The van der Waals surface area contributed by atoms with Crippen molar-refractivity contribution in [2.75, 3.05) is 13.1 Å². The number of H-pyrrole nitrogens is 1. The highest BCUT2D eigenvalue weighted by atomic mass is 19.2. The molecule has 1 aromatic heterocycles. The Balaban J connectivity index is 1.82. The Morgan fingerprint density at radius 3 is 2.76 bits per heavy atom. The van der Waals surface area contributed by atoms with E-state index in [0.29, 0.717) is 29.7 Å². The van der Waals surface area contributed by atoms with Crippen LogP contribution >= 0.6 is 0 Å². The molecule has 2 heterocycles. The third-order valence-corrected chi connectivity index (χ3v) is 4.55. The van der Waals surface area contributed by atoms with Crippen molar-refractivity contribution in [2.45, 2.75) is 25.3 Å². The van der Waals surface area contributed by atoms with Crippen molar-refractivity contribution < 1.29 is 13.6 Å². The minimum Gasteiger partial charge on any atom is -0.347 e. The summed E-state index contributed by atoms with van der Waals surface area (Å²) < 4.78 is 26.8. The summed E-state index contributed by atoms with van der Waals surface area (Å²) in [5.74, 6) is -2.21. The molecule has 3 rings (SSSR count). The van der Waals surface area contributed by atoms with Crippen molar-refractivity contribution >= 4 is 5.91 Å². The lowest BCUT2D eigenvalue weighted by atomic mass is 9.85. The standard InChI is InChI=1S/C18H19F2N3O2/c1-10-6-17(24)22-8-13(10)18(25)23-16-9-21-5-4-12(16)11-2-3-14(19)15(20)7-11/h2-3,6-8,12,16,21H,4-5,9H2,1H3,(H,22,24)(H,23,25). The number of hydrogen-bond donors (Lipinski definition) is 3. The smallest absolute Gasteiger partial charge is 0.253 e. The predicted octanol–water partition coefficient (Wildman–Crippen LogP) is 1.84. The Morgan fingerprint density at radius 2 is 2.04 bits per heavy atom. The van der Waals surface area contributed by atoms with Crippen LogP contribution in [0.15, 0.2) is 35.3 Å². The fourth-order valence-corrected chi connectivity index (χ4v) is 3.22. The lowest BCUT2D eigenvalue weighted by molar-refractivity contribution is 0.0923. The van der Waals surface area contributed by atoms with Gasteiger partial charge in [-0.2, -0.15) is 0 Å². The maximum atomic E-state index is 13.6. The first kappa shape index (κ1) is 17.3. The van der Waals surface area contributed by atoms with Gasteiger partial charge in [-0.05, 0) is 43.1 Å². The number of aromatic amines is 1. The zero-order valence-electron chi connectivity index (χ0n) is 13.7. The van der Waals surface area contributed by atoms with Gasteiger partial charge in [0.25, 0.3) is 5.91 Å². The Hall–Kier alpha value is -2.54. The topological polar surface area (TPSA) is 74.0 Å². The average Bonchev–Trinajstić information content (AvgIpc) is 2.58. The zero-order valence-corrected chi connectivity index (χ0v) is 13.7. The molecule has 1 fully saturated rings. The first-order chi connectivity index (χ1) is 12.0. The first-order valence-electron chi connectivity index (χ1n) is 8.11. The van der Waals surface area contributed by atoms with E-state index in [1.807, 2.05) is 0 Å². The van der Waals surface area contributed by atoms with Gasteiger partial charge in [0.05, 0.1) is 5.56 Å². The third kappa shape index (κ3) is 3.76. The monoisotopic (exact) mass is 347 g/mol. The summed E-state index contributed by atoms with van der Waals surface area (Å²) in [6.45, 7) is 2.95. The highest BCUT2D eigenvalue weighted by Gasteiger charge is 2.29. The van der Waals surface area contributed by atoms with E-state index in [1.165, 1.54) is 18.3 Å². The molecular weight excluding hydrogens is 328 g/mol. The minimum atomic E-state index is -0.891. The molecule has 2 unspecified atom stereocenters. The quantitative estimate of drug-likeness (QED) is 0.793. The SMILES string of the molecule is Cc1cc(=O)[nH]cc1C(=O)NC1CNCCC1c1ccc(F)c(F)c1. The van der Waals surface area contributed by atoms with Gasteiger partial charge in [0.2, 0.25) is 5.56 Å². The molecule has 1 aromatic carbocycles. The van der Waals surface area contributed by atoms with Gasteiger partial charge >= 0.3 is 0 Å². The molecule has 1 saturated heterocycles. The summed E-state index contributed by atoms with van der Waals surface area (Å²) in [6, 6.07) is 4.95. The Morgan fingerprint density at radius 1 is 1.24 bits per heavy atom. The number of benzene rings is 1. The summed E-state index contributed by atoms with van der Waals surface area (Å²) in [5, 5.41) is 6.14. The highest BCUT2D eigenvalue weighted by molar-refractivity contribution is 5.95. The van der Waals surface area contributed by atoms with E-state index in [0.717, 1.165) is 12.6 Å². The van der Waals surface area contributed by atoms with Crippen LogP contribution < -0.4 is 16.2 Å². The molecule has 1 aliphatic heterocycles. The Bertz CT molecular complexity index is 850. The van der Waals surface area contributed by atoms with Crippen LogP contribution in [0, 0.1) is 18.6 Å². The van der Waals surface area contributed by atoms with Crippen LogP contribution in [0.4, 0.5) is 8.78 Å². The number of rotatable bonds is 3. The van der Waals surface area contributed by atoms with Crippen LogP contribution in [0.25, 0.3) is 0 Å². The summed E-state index contributed by atoms with van der Waals surface area (Å²) in [4.78, 5) is 26.3. The second-order valence-corrected chi connectivity index (χ2v) is 6.25. The molecule has 2 aromatic rings. The Labute approximate surface area is 143 Å². The van der Waals surface area contributed by atoms with Crippen molar-refractivity contribution in [1.82, 2.24) is 15.6 Å². The van der Waals surface area contributed by atoms with Crippen molar-refractivity contribution in [1.29, 1.82) is 0 Å². The van der Waals surface area contributed by atoms with Gasteiger partial charge in [0, 0.05) is 30.8 Å². The molecule has 5 nitrogen and oxygen atoms in total. The van der Waals surface area contributed by atoms with E-state index >= 15 is 0 Å². The molecule has 0 bridgehead atoms. The van der Waals surface area contributed by atoms with Crippen LogP contribution in [-0.4, -0.2) is 30.0 Å². The molecular formula is C18H19F2N3O2. The lowest BCUT2D eigenvalue weighted by Gasteiger charge is -2.33. The van der Waals surface area contributed by atoms with Gasteiger partial charge in [-0.25, -0.2) is 8.78 Å². The van der Waals surface area contributed by atoms with Crippen molar-refractivity contribution in [3.63, 3.8) is 0 Å². The Kier molecular flexibility index (Phi) is 4.94. The second-order valence-electron chi connectivity index (χ2n) is 6.25. The van der Waals surface area contributed by atoms with E-state index in [9.17, 15) is 18.4 Å². The van der Waals surface area contributed by atoms with Crippen molar-refractivity contribution in [2.24, 2.45) is 0 Å². The minimum absolute atomic E-state index is 0.122. The normalized spacial score (nSPS) is 20.3. The van der Waals surface area contributed by atoms with E-state index < -0.39 is 11.6 Å². The maximum Gasteiger partial charge on any atom is 0.253 e. The number of aromatic nitrogens is 1. The van der Waals surface area contributed by atoms with Crippen molar-refractivity contribution in [3.8, 4) is 0 Å². The average molecular weight is 347 g/mol. The predicted molar refractivity (Wildman–Crippen MR) is 89.6 cm³/mol. The first-order valence-corrected chi connectivity index (χ1v) is 8.11. The number of pyridine rings is 1. The molecule has 0 aliphatic carbocycles. The molecule has 0 spiro atoms. The van der Waals surface area contributed by atoms with Crippen LogP contribution in [0.1, 0.15) is 33.8 Å². The molecule has 3 N–H and O–H groups in total. The summed E-state index contributed by atoms with van der Waals surface area (Å²) >= 11 is 0. The highest BCUT2D eigenvalue weighted by Crippen LogP contribution is 2.27. The van der Waals surface area contributed by atoms with Gasteiger partial charge in [-0.3, -0.25) is 9.59 Å². The fourth-order valence-electron chi connectivity index (χ4n) is 3.22. The van der Waals surface area contributed by atoms with Gasteiger partial charge in [0.15, 0.2) is 11.6 Å². The lowest BCUT2D eigenvalue weighted by Crippen LogP contribution is -2.50. The molecule has 132 valence electrons. The molecule has 0 saturated carbocycles. The summed E-state index contributed by atoms with van der Waals surface area (Å²) in [5.41, 5.74) is 1.35. The molecule has 0 radical (unpaired) electrons. The van der Waals surface area contributed by atoms with Gasteiger partial charge in [-0.15, -0.1) is 0 Å². The number of aryl methyl sites for hydroxylation is 1. The van der Waals surface area contributed by atoms with E-state index in [1.54, 1.807) is 13.0 Å². The van der Waals surface area contributed by atoms with Crippen LogP contribution in [0.2, 0.25) is 0 Å². The van der Waals surface area contributed by atoms with Crippen LogP contribution in [-0.2, 0) is 0 Å². The third-order valence-electron chi connectivity index (χ3n) is 4.55. The summed E-state index contributed by atoms with van der Waals surface area (Å²) in [7, 11) is 0. The molecule has 25 heavy (non-hydrogen) atoms. The number of amides is 1. The molecule has 1 amide bonds. The van der Waals surface area contributed by atoms with Crippen molar-refractivity contribution in [3.05, 3.63) is 69.1 Å². The fraction of sp³-hybridized carbons (Fsp3) is 0.333. The number of piperidine rings is 1. The number of nitrogens with one attached hydrogen (secondary N) is 3.